The predicted octanol–water partition coefficient (Wildman–Crippen LogP) is 4.01. The summed E-state index contributed by atoms with van der Waals surface area (Å²) in [7, 11) is 0. The Labute approximate surface area is 174 Å². The molecule has 0 spiro atoms. The maximum Gasteiger partial charge on any atom is 0.251 e. The normalized spacial score (nSPS) is 19.9. The lowest BCUT2D eigenvalue weighted by molar-refractivity contribution is -0.0704. The standard InChI is InChI=1S/C24H32N2O3/c1-17(2)28-23-11-9-22(10-12-23)24(27)25-13-20-5-7-21(8-6-20)16-26-14-18(3)29-19(4)15-26/h5-12,17-19H,13-16H2,1-4H3,(H,25,27). The van der Waals surface area contributed by atoms with Gasteiger partial charge in [-0.25, -0.2) is 0 Å². The third-order valence-corrected chi connectivity index (χ3v) is 4.87. The Hall–Kier alpha value is -2.37. The molecule has 2 unspecified atom stereocenters. The van der Waals surface area contributed by atoms with E-state index in [2.05, 4.69) is 48.3 Å². The topological polar surface area (TPSA) is 50.8 Å². The number of ether oxygens (including phenoxy) is 2. The molecule has 0 saturated carbocycles. The average Bonchev–Trinajstić information content (AvgIpc) is 2.66. The second-order valence-corrected chi connectivity index (χ2v) is 8.14. The molecule has 3 rings (SSSR count). The first-order valence-electron chi connectivity index (χ1n) is 10.4. The lowest BCUT2D eigenvalue weighted by atomic mass is 10.1. The highest BCUT2D eigenvalue weighted by Gasteiger charge is 2.21. The molecule has 5 nitrogen and oxygen atoms in total. The number of amides is 1. The predicted molar refractivity (Wildman–Crippen MR) is 115 cm³/mol. The van der Waals surface area contributed by atoms with Gasteiger partial charge in [0.05, 0.1) is 18.3 Å². The van der Waals surface area contributed by atoms with Gasteiger partial charge in [-0.15, -0.1) is 0 Å². The van der Waals surface area contributed by atoms with Crippen molar-refractivity contribution >= 4 is 5.91 Å². The molecular weight excluding hydrogens is 364 g/mol. The van der Waals surface area contributed by atoms with Crippen LogP contribution in [0.4, 0.5) is 0 Å². The summed E-state index contributed by atoms with van der Waals surface area (Å²) in [4.78, 5) is 14.8. The summed E-state index contributed by atoms with van der Waals surface area (Å²) in [6, 6.07) is 15.7. The van der Waals surface area contributed by atoms with Crippen molar-refractivity contribution in [2.45, 2.75) is 59.1 Å². The Kier molecular flexibility index (Phi) is 7.29. The quantitative estimate of drug-likeness (QED) is 0.768. The molecule has 1 aliphatic rings. The largest absolute Gasteiger partial charge is 0.491 e. The number of hydrogen-bond acceptors (Lipinski definition) is 4. The zero-order valence-corrected chi connectivity index (χ0v) is 17.9. The van der Waals surface area contributed by atoms with Crippen molar-refractivity contribution < 1.29 is 14.3 Å². The average molecular weight is 397 g/mol. The minimum Gasteiger partial charge on any atom is -0.491 e. The maximum atomic E-state index is 12.4. The van der Waals surface area contributed by atoms with Crippen molar-refractivity contribution in [3.63, 3.8) is 0 Å². The zero-order chi connectivity index (χ0) is 20.8. The lowest BCUT2D eigenvalue weighted by Gasteiger charge is -2.35. The van der Waals surface area contributed by atoms with E-state index in [9.17, 15) is 4.79 Å². The van der Waals surface area contributed by atoms with Crippen LogP contribution in [-0.2, 0) is 17.8 Å². The minimum atomic E-state index is -0.0820. The van der Waals surface area contributed by atoms with Gasteiger partial charge < -0.3 is 14.8 Å². The summed E-state index contributed by atoms with van der Waals surface area (Å²) in [5.41, 5.74) is 3.00. The number of rotatable bonds is 7. The number of morpholine rings is 1. The fourth-order valence-corrected chi connectivity index (χ4v) is 3.68. The van der Waals surface area contributed by atoms with Gasteiger partial charge in [0.15, 0.2) is 0 Å². The van der Waals surface area contributed by atoms with Crippen LogP contribution in [0.1, 0.15) is 49.2 Å². The van der Waals surface area contributed by atoms with Crippen LogP contribution in [-0.4, -0.2) is 42.2 Å². The maximum absolute atomic E-state index is 12.4. The van der Waals surface area contributed by atoms with Crippen LogP contribution in [0.25, 0.3) is 0 Å². The molecule has 0 bridgehead atoms. The molecule has 0 aliphatic carbocycles. The summed E-state index contributed by atoms with van der Waals surface area (Å²) in [5.74, 6) is 0.692. The van der Waals surface area contributed by atoms with E-state index in [1.807, 2.05) is 26.0 Å². The second kappa shape index (κ2) is 9.90. The summed E-state index contributed by atoms with van der Waals surface area (Å²) in [6.45, 7) is 11.6. The summed E-state index contributed by atoms with van der Waals surface area (Å²) < 4.78 is 11.4. The van der Waals surface area contributed by atoms with Crippen LogP contribution >= 0.6 is 0 Å². The van der Waals surface area contributed by atoms with Crippen molar-refractivity contribution in [1.82, 2.24) is 10.2 Å². The molecule has 0 aromatic heterocycles. The van der Waals surface area contributed by atoms with E-state index in [0.717, 1.165) is 30.9 Å². The van der Waals surface area contributed by atoms with Crippen LogP contribution in [0.15, 0.2) is 48.5 Å². The molecule has 2 aromatic carbocycles. The Morgan fingerprint density at radius 3 is 2.21 bits per heavy atom. The van der Waals surface area contributed by atoms with Gasteiger partial charge in [0.2, 0.25) is 0 Å². The highest BCUT2D eigenvalue weighted by molar-refractivity contribution is 5.94. The van der Waals surface area contributed by atoms with Crippen LogP contribution in [0.3, 0.4) is 0 Å². The highest BCUT2D eigenvalue weighted by Crippen LogP contribution is 2.16. The van der Waals surface area contributed by atoms with Crippen molar-refractivity contribution in [2.75, 3.05) is 13.1 Å². The Balaban J connectivity index is 1.49. The summed E-state index contributed by atoms with van der Waals surface area (Å²) in [6.07, 6.45) is 0.672. The fourth-order valence-electron chi connectivity index (χ4n) is 3.68. The van der Waals surface area contributed by atoms with E-state index in [1.165, 1.54) is 5.56 Å². The molecule has 1 N–H and O–H groups in total. The van der Waals surface area contributed by atoms with Crippen LogP contribution in [0.5, 0.6) is 5.75 Å². The first-order chi connectivity index (χ1) is 13.9. The Bertz CT molecular complexity index is 777. The van der Waals surface area contributed by atoms with Crippen LogP contribution in [0.2, 0.25) is 0 Å². The lowest BCUT2D eigenvalue weighted by Crippen LogP contribution is -2.44. The second-order valence-electron chi connectivity index (χ2n) is 8.14. The third-order valence-electron chi connectivity index (χ3n) is 4.87. The monoisotopic (exact) mass is 396 g/mol. The van der Waals surface area contributed by atoms with Gasteiger partial charge in [-0.1, -0.05) is 24.3 Å². The number of nitrogens with one attached hydrogen (secondary N) is 1. The first-order valence-corrected chi connectivity index (χ1v) is 10.4. The number of hydrogen-bond donors (Lipinski definition) is 1. The number of carbonyl (C=O) groups excluding carboxylic acids is 1. The molecule has 1 amide bonds. The Morgan fingerprint density at radius 1 is 1.03 bits per heavy atom. The molecule has 1 saturated heterocycles. The number of nitrogens with zero attached hydrogens (tertiary/aromatic N) is 1. The van der Waals surface area contributed by atoms with Gasteiger partial charge in [0.25, 0.3) is 5.91 Å². The van der Waals surface area contributed by atoms with E-state index in [1.54, 1.807) is 12.1 Å². The highest BCUT2D eigenvalue weighted by atomic mass is 16.5. The molecule has 1 aliphatic heterocycles. The number of benzene rings is 2. The third kappa shape index (κ3) is 6.58. The van der Waals surface area contributed by atoms with Crippen LogP contribution < -0.4 is 10.1 Å². The van der Waals surface area contributed by atoms with E-state index >= 15 is 0 Å². The Morgan fingerprint density at radius 2 is 1.62 bits per heavy atom. The summed E-state index contributed by atoms with van der Waals surface area (Å²) >= 11 is 0. The minimum absolute atomic E-state index is 0.0820. The zero-order valence-electron chi connectivity index (χ0n) is 17.9. The smallest absolute Gasteiger partial charge is 0.251 e. The first kappa shape index (κ1) is 21.3. The van der Waals surface area contributed by atoms with Gasteiger partial charge in [-0.2, -0.15) is 0 Å². The fraction of sp³-hybridized carbons (Fsp3) is 0.458. The van der Waals surface area contributed by atoms with E-state index in [4.69, 9.17) is 9.47 Å². The number of carbonyl (C=O) groups is 1. The molecular formula is C24H32N2O3. The van der Waals surface area contributed by atoms with E-state index in [-0.39, 0.29) is 24.2 Å². The van der Waals surface area contributed by atoms with Crippen molar-refractivity contribution in [1.29, 1.82) is 0 Å². The molecule has 1 fully saturated rings. The van der Waals surface area contributed by atoms with Crippen molar-refractivity contribution in [3.05, 3.63) is 65.2 Å². The van der Waals surface area contributed by atoms with Crippen LogP contribution in [0, 0.1) is 0 Å². The van der Waals surface area contributed by atoms with Gasteiger partial charge in [0, 0.05) is 31.7 Å². The van der Waals surface area contributed by atoms with Gasteiger partial charge in [-0.3, -0.25) is 9.69 Å². The van der Waals surface area contributed by atoms with E-state index in [0.29, 0.717) is 12.1 Å². The molecule has 0 radical (unpaired) electrons. The van der Waals surface area contributed by atoms with Crippen molar-refractivity contribution in [3.8, 4) is 5.75 Å². The summed E-state index contributed by atoms with van der Waals surface area (Å²) in [5, 5.41) is 2.98. The molecule has 156 valence electrons. The van der Waals surface area contributed by atoms with Gasteiger partial charge in [-0.05, 0) is 63.1 Å². The van der Waals surface area contributed by atoms with Gasteiger partial charge in [0.1, 0.15) is 5.75 Å². The van der Waals surface area contributed by atoms with Gasteiger partial charge >= 0.3 is 0 Å². The molecule has 2 atom stereocenters. The van der Waals surface area contributed by atoms with Crippen molar-refractivity contribution in [2.24, 2.45) is 0 Å². The molecule has 29 heavy (non-hydrogen) atoms. The molecule has 1 heterocycles. The molecule has 5 heteroatoms. The SMILES string of the molecule is CC(C)Oc1ccc(C(=O)NCc2ccc(CN3CC(C)OC(C)C3)cc2)cc1. The van der Waals surface area contributed by atoms with E-state index < -0.39 is 0 Å². The molecule has 2 aromatic rings.